The van der Waals surface area contributed by atoms with Gasteiger partial charge in [-0.15, -0.1) is 0 Å². The highest BCUT2D eigenvalue weighted by Gasteiger charge is 2.23. The molecule has 2 rings (SSSR count). The van der Waals surface area contributed by atoms with Crippen LogP contribution in [-0.4, -0.2) is 30.4 Å². The van der Waals surface area contributed by atoms with Crippen molar-refractivity contribution in [2.45, 2.75) is 32.0 Å². The van der Waals surface area contributed by atoms with Gasteiger partial charge in [-0.05, 0) is 18.1 Å². The molecule has 1 unspecified atom stereocenters. The smallest absolute Gasteiger partial charge is 0.408 e. The average Bonchev–Trinajstić information content (AvgIpc) is 2.67. The van der Waals surface area contributed by atoms with Gasteiger partial charge < -0.3 is 20.2 Å². The number of amides is 2. The molecule has 0 aliphatic rings. The first-order chi connectivity index (χ1) is 12.6. The van der Waals surface area contributed by atoms with Crippen LogP contribution < -0.4 is 10.6 Å². The van der Waals surface area contributed by atoms with Crippen LogP contribution in [0.4, 0.5) is 4.79 Å². The van der Waals surface area contributed by atoms with Crippen LogP contribution in [0, 0.1) is 0 Å². The number of carbonyl (C=O) groups is 3. The van der Waals surface area contributed by atoms with Crippen molar-refractivity contribution in [1.29, 1.82) is 0 Å². The summed E-state index contributed by atoms with van der Waals surface area (Å²) >= 11 is 0. The monoisotopic (exact) mass is 354 g/mol. The van der Waals surface area contributed by atoms with Gasteiger partial charge in [0.15, 0.2) is 0 Å². The van der Waals surface area contributed by atoms with Gasteiger partial charge in [0.2, 0.25) is 5.91 Å². The van der Waals surface area contributed by atoms with Crippen LogP contribution >= 0.6 is 0 Å². The zero-order valence-electron chi connectivity index (χ0n) is 14.6. The lowest BCUT2D eigenvalue weighted by atomic mass is 10.1. The third-order valence-corrected chi connectivity index (χ3v) is 3.68. The summed E-state index contributed by atoms with van der Waals surface area (Å²) in [5, 5.41) is 5.13. The topological polar surface area (TPSA) is 84.5 Å². The summed E-state index contributed by atoms with van der Waals surface area (Å²) in [5.41, 5.74) is 1.73. The Morgan fingerprint density at radius 2 is 1.54 bits per heavy atom. The SMILES string of the molecule is CC(C=O)NC(=O)[C@H](Cc1ccccc1)NC(=O)OCc1ccccc1. The van der Waals surface area contributed by atoms with E-state index in [1.54, 1.807) is 6.92 Å². The minimum absolute atomic E-state index is 0.108. The Bertz CT molecular complexity index is 719. The van der Waals surface area contributed by atoms with Crippen molar-refractivity contribution >= 4 is 18.3 Å². The number of nitrogens with one attached hydrogen (secondary N) is 2. The van der Waals surface area contributed by atoms with Crippen LogP contribution in [0.3, 0.4) is 0 Å². The van der Waals surface area contributed by atoms with Crippen LogP contribution in [-0.2, 0) is 27.4 Å². The first kappa shape index (κ1) is 19.2. The van der Waals surface area contributed by atoms with Crippen molar-refractivity contribution in [2.75, 3.05) is 0 Å². The number of aldehydes is 1. The molecule has 2 N–H and O–H groups in total. The molecule has 0 aliphatic heterocycles. The van der Waals surface area contributed by atoms with Gasteiger partial charge in [-0.3, -0.25) is 4.79 Å². The standard InChI is InChI=1S/C20H22N2O4/c1-15(13-23)21-19(24)18(12-16-8-4-2-5-9-16)22-20(25)26-14-17-10-6-3-7-11-17/h2-11,13,15,18H,12,14H2,1H3,(H,21,24)(H,22,25)/t15?,18-/m0/s1. The van der Waals surface area contributed by atoms with Crippen molar-refractivity contribution in [3.63, 3.8) is 0 Å². The van der Waals surface area contributed by atoms with E-state index in [4.69, 9.17) is 4.74 Å². The minimum Gasteiger partial charge on any atom is -0.445 e. The summed E-state index contributed by atoms with van der Waals surface area (Å²) in [4.78, 5) is 35.3. The Balaban J connectivity index is 1.98. The van der Waals surface area contributed by atoms with Crippen molar-refractivity contribution in [3.05, 3.63) is 71.8 Å². The van der Waals surface area contributed by atoms with Gasteiger partial charge in [0, 0.05) is 6.42 Å². The van der Waals surface area contributed by atoms with Gasteiger partial charge in [0.1, 0.15) is 18.9 Å². The third kappa shape index (κ3) is 6.39. The lowest BCUT2D eigenvalue weighted by Crippen LogP contribution is -2.50. The van der Waals surface area contributed by atoms with E-state index in [0.717, 1.165) is 11.1 Å². The molecule has 0 saturated heterocycles. The molecular formula is C20H22N2O4. The molecule has 0 saturated carbocycles. The molecule has 2 aromatic rings. The van der Waals surface area contributed by atoms with Gasteiger partial charge in [-0.1, -0.05) is 60.7 Å². The quantitative estimate of drug-likeness (QED) is 0.712. The molecule has 6 nitrogen and oxygen atoms in total. The second-order valence-electron chi connectivity index (χ2n) is 5.88. The molecule has 0 heterocycles. The molecule has 136 valence electrons. The number of benzene rings is 2. The van der Waals surface area contributed by atoms with Crippen molar-refractivity contribution < 1.29 is 19.1 Å². The molecule has 0 fully saturated rings. The van der Waals surface area contributed by atoms with Gasteiger partial charge in [-0.25, -0.2) is 4.79 Å². The first-order valence-corrected chi connectivity index (χ1v) is 8.35. The number of hydrogen-bond donors (Lipinski definition) is 2. The molecule has 0 aliphatic carbocycles. The summed E-state index contributed by atoms with van der Waals surface area (Å²) in [6.07, 6.45) is 0.229. The van der Waals surface area contributed by atoms with Crippen LogP contribution in [0.1, 0.15) is 18.1 Å². The second-order valence-corrected chi connectivity index (χ2v) is 5.88. The minimum atomic E-state index is -0.844. The van der Waals surface area contributed by atoms with Crippen LogP contribution in [0.15, 0.2) is 60.7 Å². The Labute approximate surface area is 152 Å². The fraction of sp³-hybridized carbons (Fsp3) is 0.250. The number of ether oxygens (including phenoxy) is 1. The largest absolute Gasteiger partial charge is 0.445 e. The summed E-state index contributed by atoms with van der Waals surface area (Å²) in [7, 11) is 0. The molecule has 0 bridgehead atoms. The summed E-state index contributed by atoms with van der Waals surface area (Å²) < 4.78 is 5.18. The maximum atomic E-state index is 12.4. The molecular weight excluding hydrogens is 332 g/mol. The molecule has 2 amide bonds. The highest BCUT2D eigenvalue weighted by atomic mass is 16.5. The van der Waals surface area contributed by atoms with Gasteiger partial charge in [0.05, 0.1) is 6.04 Å². The van der Waals surface area contributed by atoms with E-state index in [1.807, 2.05) is 60.7 Å². The van der Waals surface area contributed by atoms with Crippen molar-refractivity contribution in [3.8, 4) is 0 Å². The molecule has 26 heavy (non-hydrogen) atoms. The fourth-order valence-corrected chi connectivity index (χ4v) is 2.33. The lowest BCUT2D eigenvalue weighted by Gasteiger charge is -2.19. The van der Waals surface area contributed by atoms with E-state index < -0.39 is 24.1 Å². The Morgan fingerprint density at radius 1 is 0.962 bits per heavy atom. The molecule has 2 atom stereocenters. The highest BCUT2D eigenvalue weighted by Crippen LogP contribution is 2.05. The van der Waals surface area contributed by atoms with Gasteiger partial charge in [-0.2, -0.15) is 0 Å². The number of carbonyl (C=O) groups excluding carboxylic acids is 3. The number of hydrogen-bond acceptors (Lipinski definition) is 4. The molecule has 6 heteroatoms. The zero-order chi connectivity index (χ0) is 18.8. The van der Waals surface area contributed by atoms with Gasteiger partial charge >= 0.3 is 6.09 Å². The van der Waals surface area contributed by atoms with Crippen molar-refractivity contribution in [1.82, 2.24) is 10.6 Å². The summed E-state index contributed by atoms with van der Waals surface area (Å²) in [6, 6.07) is 17.1. The fourth-order valence-electron chi connectivity index (χ4n) is 2.33. The first-order valence-electron chi connectivity index (χ1n) is 8.35. The van der Waals surface area contributed by atoms with E-state index in [0.29, 0.717) is 12.7 Å². The Hall–Kier alpha value is -3.15. The van der Waals surface area contributed by atoms with E-state index in [-0.39, 0.29) is 6.61 Å². The van der Waals surface area contributed by atoms with E-state index in [1.165, 1.54) is 0 Å². The van der Waals surface area contributed by atoms with Crippen LogP contribution in [0.2, 0.25) is 0 Å². The Kier molecular flexibility index (Phi) is 7.36. The van der Waals surface area contributed by atoms with Crippen molar-refractivity contribution in [2.24, 2.45) is 0 Å². The maximum absolute atomic E-state index is 12.4. The molecule has 0 spiro atoms. The van der Waals surface area contributed by atoms with Gasteiger partial charge in [0.25, 0.3) is 0 Å². The molecule has 2 aromatic carbocycles. The van der Waals surface area contributed by atoms with E-state index >= 15 is 0 Å². The Morgan fingerprint density at radius 3 is 2.12 bits per heavy atom. The average molecular weight is 354 g/mol. The lowest BCUT2D eigenvalue weighted by molar-refractivity contribution is -0.125. The summed E-state index contributed by atoms with van der Waals surface area (Å²) in [5.74, 6) is -0.440. The normalized spacial score (nSPS) is 12.5. The number of alkyl carbamates (subject to hydrolysis) is 1. The maximum Gasteiger partial charge on any atom is 0.408 e. The van der Waals surface area contributed by atoms with Crippen LogP contribution in [0.25, 0.3) is 0 Å². The van der Waals surface area contributed by atoms with E-state index in [9.17, 15) is 14.4 Å². The predicted molar refractivity (Wildman–Crippen MR) is 97.4 cm³/mol. The zero-order valence-corrected chi connectivity index (χ0v) is 14.6. The highest BCUT2D eigenvalue weighted by molar-refractivity contribution is 5.87. The third-order valence-electron chi connectivity index (χ3n) is 3.68. The summed E-state index contributed by atoms with van der Waals surface area (Å²) in [6.45, 7) is 1.68. The number of rotatable bonds is 8. The van der Waals surface area contributed by atoms with E-state index in [2.05, 4.69) is 10.6 Å². The molecule has 0 aromatic heterocycles. The van der Waals surface area contributed by atoms with Crippen LogP contribution in [0.5, 0.6) is 0 Å². The molecule has 0 radical (unpaired) electrons. The predicted octanol–water partition coefficient (Wildman–Crippen LogP) is 2.23. The second kappa shape index (κ2) is 9.98.